The maximum Gasteiger partial charge on any atom is 0.269 e. The lowest BCUT2D eigenvalue weighted by Crippen LogP contribution is -2.23. The van der Waals surface area contributed by atoms with Gasteiger partial charge in [-0.05, 0) is 31.4 Å². The molecule has 4 nitrogen and oxygen atoms in total. The van der Waals surface area contributed by atoms with Crippen molar-refractivity contribution >= 4 is 11.6 Å². The molecule has 0 aliphatic carbocycles. The van der Waals surface area contributed by atoms with Crippen LogP contribution in [0.4, 0.5) is 5.69 Å². The highest BCUT2D eigenvalue weighted by molar-refractivity contribution is 5.93. The minimum atomic E-state index is -0.119. The number of aromatic nitrogens is 1. The molecule has 2 N–H and O–H groups in total. The van der Waals surface area contributed by atoms with Crippen molar-refractivity contribution in [1.82, 2.24) is 10.3 Å². The molecule has 1 rings (SSSR count). The van der Waals surface area contributed by atoms with Gasteiger partial charge in [-0.1, -0.05) is 26.7 Å². The second kappa shape index (κ2) is 8.51. The molecule has 0 atom stereocenters. The quantitative estimate of drug-likeness (QED) is 0.709. The average molecular weight is 263 g/mol. The van der Waals surface area contributed by atoms with Crippen LogP contribution in [0.25, 0.3) is 0 Å². The smallest absolute Gasteiger partial charge is 0.269 e. The van der Waals surface area contributed by atoms with Gasteiger partial charge >= 0.3 is 0 Å². The molecule has 0 aromatic carbocycles. The van der Waals surface area contributed by atoms with E-state index < -0.39 is 0 Å². The topological polar surface area (TPSA) is 54.0 Å². The molecule has 0 aliphatic heterocycles. The molecule has 1 aromatic heterocycles. The van der Waals surface area contributed by atoms with Crippen molar-refractivity contribution in [3.63, 3.8) is 0 Å². The summed E-state index contributed by atoms with van der Waals surface area (Å²) in [4.78, 5) is 15.7. The third kappa shape index (κ3) is 6.22. The molecule has 1 aromatic rings. The summed E-state index contributed by atoms with van der Waals surface area (Å²) in [5.74, 6) is 0.649. The number of pyridine rings is 1. The standard InChI is InChI=1S/C15H25N3O/c1-4-16-15(19)14-11-13(8-10-18-14)17-9-6-5-7-12(2)3/h8,10-12H,4-7,9H2,1-3H3,(H,16,19)(H,17,18). The number of nitrogens with zero attached hydrogens (tertiary/aromatic N) is 1. The lowest BCUT2D eigenvalue weighted by atomic mass is 10.1. The van der Waals surface area contributed by atoms with Gasteiger partial charge in [0.05, 0.1) is 0 Å². The van der Waals surface area contributed by atoms with Gasteiger partial charge in [-0.25, -0.2) is 0 Å². The van der Waals surface area contributed by atoms with Crippen molar-refractivity contribution in [1.29, 1.82) is 0 Å². The minimum Gasteiger partial charge on any atom is -0.385 e. The van der Waals surface area contributed by atoms with Crippen LogP contribution >= 0.6 is 0 Å². The second-order valence-electron chi connectivity index (χ2n) is 5.11. The van der Waals surface area contributed by atoms with E-state index in [1.54, 1.807) is 12.3 Å². The van der Waals surface area contributed by atoms with Crippen molar-refractivity contribution in [2.24, 2.45) is 5.92 Å². The Balaban J connectivity index is 2.38. The third-order valence-corrected chi connectivity index (χ3v) is 2.87. The molecular formula is C15H25N3O. The number of amides is 1. The Kier molecular flexibility index (Phi) is 6.93. The summed E-state index contributed by atoms with van der Waals surface area (Å²) in [6.45, 7) is 7.94. The zero-order valence-corrected chi connectivity index (χ0v) is 12.2. The molecule has 19 heavy (non-hydrogen) atoms. The molecule has 1 heterocycles. The van der Waals surface area contributed by atoms with Crippen molar-refractivity contribution in [3.05, 3.63) is 24.0 Å². The molecular weight excluding hydrogens is 238 g/mol. The molecule has 0 saturated carbocycles. The van der Waals surface area contributed by atoms with Gasteiger partial charge in [0.1, 0.15) is 5.69 Å². The summed E-state index contributed by atoms with van der Waals surface area (Å²) in [6, 6.07) is 3.69. The van der Waals surface area contributed by atoms with Gasteiger partial charge in [0.25, 0.3) is 5.91 Å². The Bertz CT molecular complexity index is 391. The van der Waals surface area contributed by atoms with Crippen molar-refractivity contribution in [2.45, 2.75) is 40.0 Å². The van der Waals surface area contributed by atoms with Crippen molar-refractivity contribution < 1.29 is 4.79 Å². The van der Waals surface area contributed by atoms with Gasteiger partial charge in [-0.3, -0.25) is 9.78 Å². The van der Waals surface area contributed by atoms with Crippen LogP contribution in [0.1, 0.15) is 50.5 Å². The van der Waals surface area contributed by atoms with E-state index in [1.807, 2.05) is 13.0 Å². The van der Waals surface area contributed by atoms with E-state index in [9.17, 15) is 4.79 Å². The fourth-order valence-electron chi connectivity index (χ4n) is 1.83. The maximum atomic E-state index is 11.6. The molecule has 106 valence electrons. The number of carbonyl (C=O) groups is 1. The predicted molar refractivity (Wildman–Crippen MR) is 79.4 cm³/mol. The molecule has 0 saturated heterocycles. The first kappa shape index (κ1) is 15.5. The van der Waals surface area contributed by atoms with Crippen molar-refractivity contribution in [2.75, 3.05) is 18.4 Å². The van der Waals surface area contributed by atoms with Gasteiger partial charge in [-0.2, -0.15) is 0 Å². The fourth-order valence-corrected chi connectivity index (χ4v) is 1.83. The molecule has 0 unspecified atom stereocenters. The van der Waals surface area contributed by atoms with Gasteiger partial charge in [0.2, 0.25) is 0 Å². The number of carbonyl (C=O) groups excluding carboxylic acids is 1. The Labute approximate surface area is 116 Å². The van der Waals surface area contributed by atoms with Crippen LogP contribution in [0.3, 0.4) is 0 Å². The molecule has 0 bridgehead atoms. The second-order valence-corrected chi connectivity index (χ2v) is 5.11. The SMILES string of the molecule is CCNC(=O)c1cc(NCCCCC(C)C)ccn1. The van der Waals surface area contributed by atoms with Crippen LogP contribution in [0.5, 0.6) is 0 Å². The van der Waals surface area contributed by atoms with Gasteiger partial charge in [0.15, 0.2) is 0 Å². The molecule has 0 fully saturated rings. The highest BCUT2D eigenvalue weighted by atomic mass is 16.1. The molecule has 1 amide bonds. The number of anilines is 1. The van der Waals surface area contributed by atoms with Crippen LogP contribution in [0, 0.1) is 5.92 Å². The lowest BCUT2D eigenvalue weighted by molar-refractivity contribution is 0.0951. The van der Waals surface area contributed by atoms with Crippen LogP contribution in [-0.4, -0.2) is 24.0 Å². The molecule has 4 heteroatoms. The average Bonchev–Trinajstić information content (AvgIpc) is 2.38. The summed E-state index contributed by atoms with van der Waals surface area (Å²) >= 11 is 0. The zero-order chi connectivity index (χ0) is 14.1. The van der Waals surface area contributed by atoms with Gasteiger partial charge in [-0.15, -0.1) is 0 Å². The van der Waals surface area contributed by atoms with Crippen LogP contribution in [0.15, 0.2) is 18.3 Å². The van der Waals surface area contributed by atoms with Crippen molar-refractivity contribution in [3.8, 4) is 0 Å². The van der Waals surface area contributed by atoms with E-state index in [1.165, 1.54) is 12.8 Å². The summed E-state index contributed by atoms with van der Waals surface area (Å²) in [5, 5.41) is 6.08. The van der Waals surface area contributed by atoms with Gasteiger partial charge in [0, 0.05) is 25.0 Å². The monoisotopic (exact) mass is 263 g/mol. The number of unbranched alkanes of at least 4 members (excludes halogenated alkanes) is 1. The minimum absolute atomic E-state index is 0.119. The highest BCUT2D eigenvalue weighted by Crippen LogP contribution is 2.10. The number of rotatable bonds is 8. The Morgan fingerprint density at radius 2 is 2.16 bits per heavy atom. The Morgan fingerprint density at radius 1 is 1.37 bits per heavy atom. The van der Waals surface area contributed by atoms with Crippen LogP contribution < -0.4 is 10.6 Å². The Hall–Kier alpha value is -1.58. The maximum absolute atomic E-state index is 11.6. The first-order valence-electron chi connectivity index (χ1n) is 7.11. The van der Waals surface area contributed by atoms with E-state index in [0.717, 1.165) is 24.6 Å². The molecule has 0 aliphatic rings. The van der Waals surface area contributed by atoms with E-state index in [4.69, 9.17) is 0 Å². The van der Waals surface area contributed by atoms with E-state index in [0.29, 0.717) is 12.2 Å². The predicted octanol–water partition coefficient (Wildman–Crippen LogP) is 3.07. The van der Waals surface area contributed by atoms with E-state index in [-0.39, 0.29) is 5.91 Å². The summed E-state index contributed by atoms with van der Waals surface area (Å²) in [5.41, 5.74) is 1.43. The van der Waals surface area contributed by atoms with Crippen LogP contribution in [-0.2, 0) is 0 Å². The number of nitrogens with one attached hydrogen (secondary N) is 2. The van der Waals surface area contributed by atoms with Crippen LogP contribution in [0.2, 0.25) is 0 Å². The van der Waals surface area contributed by atoms with E-state index in [2.05, 4.69) is 29.5 Å². The Morgan fingerprint density at radius 3 is 2.84 bits per heavy atom. The normalized spacial score (nSPS) is 10.5. The molecule has 0 radical (unpaired) electrons. The lowest BCUT2D eigenvalue weighted by Gasteiger charge is -2.08. The summed E-state index contributed by atoms with van der Waals surface area (Å²) in [7, 11) is 0. The summed E-state index contributed by atoms with van der Waals surface area (Å²) < 4.78 is 0. The highest BCUT2D eigenvalue weighted by Gasteiger charge is 2.05. The van der Waals surface area contributed by atoms with Gasteiger partial charge < -0.3 is 10.6 Å². The molecule has 0 spiro atoms. The number of hydrogen-bond acceptors (Lipinski definition) is 3. The fraction of sp³-hybridized carbons (Fsp3) is 0.600. The largest absolute Gasteiger partial charge is 0.385 e. The van der Waals surface area contributed by atoms with E-state index >= 15 is 0 Å². The zero-order valence-electron chi connectivity index (χ0n) is 12.2. The number of hydrogen-bond donors (Lipinski definition) is 2. The summed E-state index contributed by atoms with van der Waals surface area (Å²) in [6.07, 6.45) is 5.32. The third-order valence-electron chi connectivity index (χ3n) is 2.87. The first-order valence-corrected chi connectivity index (χ1v) is 7.11. The first-order chi connectivity index (χ1) is 9.13.